The maximum Gasteiger partial charge on any atom is 0.335 e. The Morgan fingerprint density at radius 2 is 1.94 bits per heavy atom. The molecule has 18 heavy (non-hydrogen) atoms. The lowest BCUT2D eigenvalue weighted by atomic mass is 10.1. The van der Waals surface area contributed by atoms with Crippen molar-refractivity contribution in [1.82, 2.24) is 0 Å². The molecule has 1 rings (SSSR count). The number of amides is 1. The van der Waals surface area contributed by atoms with Gasteiger partial charge in [0.15, 0.2) is 9.84 Å². The highest BCUT2D eigenvalue weighted by molar-refractivity contribution is 9.10. The van der Waals surface area contributed by atoms with Crippen molar-refractivity contribution in [2.24, 2.45) is 5.73 Å². The standard InChI is InChI=1S/C10H10BrNO5S/c1-5-7(11)2-6(10(14)15)3-8(5)18(16,17)4-9(12)13/h2-3H,4H2,1H3,(H2,12,13)(H,14,15). The molecular formula is C10H10BrNO5S. The van der Waals surface area contributed by atoms with Crippen molar-refractivity contribution < 1.29 is 23.1 Å². The molecule has 0 aromatic heterocycles. The fourth-order valence-corrected chi connectivity index (χ4v) is 3.37. The van der Waals surface area contributed by atoms with Crippen LogP contribution in [0.15, 0.2) is 21.5 Å². The Bertz CT molecular complexity index is 623. The molecule has 0 heterocycles. The normalized spacial score (nSPS) is 11.2. The Kier molecular flexibility index (Phi) is 4.12. The highest BCUT2D eigenvalue weighted by atomic mass is 79.9. The van der Waals surface area contributed by atoms with Crippen LogP contribution in [-0.4, -0.2) is 31.2 Å². The van der Waals surface area contributed by atoms with Gasteiger partial charge in [-0.2, -0.15) is 0 Å². The summed E-state index contributed by atoms with van der Waals surface area (Å²) in [6.07, 6.45) is 0. The third kappa shape index (κ3) is 3.08. The van der Waals surface area contributed by atoms with E-state index in [1.807, 2.05) is 0 Å². The van der Waals surface area contributed by atoms with Crippen molar-refractivity contribution >= 4 is 37.6 Å². The van der Waals surface area contributed by atoms with Gasteiger partial charge in [-0.1, -0.05) is 15.9 Å². The number of rotatable bonds is 4. The number of halogens is 1. The van der Waals surface area contributed by atoms with Gasteiger partial charge < -0.3 is 10.8 Å². The Labute approximate surface area is 112 Å². The molecule has 0 saturated carbocycles. The average molecular weight is 336 g/mol. The van der Waals surface area contributed by atoms with Gasteiger partial charge in [0.1, 0.15) is 5.75 Å². The quantitative estimate of drug-likeness (QED) is 0.841. The summed E-state index contributed by atoms with van der Waals surface area (Å²) in [5.74, 6) is -3.11. The molecule has 1 aromatic rings. The van der Waals surface area contributed by atoms with Crippen LogP contribution in [0.2, 0.25) is 0 Å². The molecule has 0 aliphatic carbocycles. The summed E-state index contributed by atoms with van der Waals surface area (Å²) >= 11 is 3.08. The van der Waals surface area contributed by atoms with E-state index in [9.17, 15) is 18.0 Å². The molecule has 0 radical (unpaired) electrons. The lowest BCUT2D eigenvalue weighted by molar-refractivity contribution is -0.115. The average Bonchev–Trinajstić information content (AvgIpc) is 2.19. The van der Waals surface area contributed by atoms with E-state index in [0.29, 0.717) is 10.0 Å². The second-order valence-corrected chi connectivity index (χ2v) is 6.42. The number of benzene rings is 1. The van der Waals surface area contributed by atoms with Crippen LogP contribution in [0.4, 0.5) is 0 Å². The zero-order chi connectivity index (χ0) is 14.1. The fourth-order valence-electron chi connectivity index (χ4n) is 1.37. The van der Waals surface area contributed by atoms with Gasteiger partial charge in [-0.25, -0.2) is 13.2 Å². The molecule has 0 saturated heterocycles. The van der Waals surface area contributed by atoms with Gasteiger partial charge in [0, 0.05) is 4.47 Å². The van der Waals surface area contributed by atoms with E-state index in [4.69, 9.17) is 10.8 Å². The number of sulfone groups is 1. The molecule has 0 fully saturated rings. The number of carbonyl (C=O) groups is 2. The van der Waals surface area contributed by atoms with E-state index in [1.54, 1.807) is 0 Å². The van der Waals surface area contributed by atoms with Crippen LogP contribution in [0.3, 0.4) is 0 Å². The molecule has 3 N–H and O–H groups in total. The molecule has 0 atom stereocenters. The summed E-state index contributed by atoms with van der Waals surface area (Å²) < 4.78 is 24.1. The van der Waals surface area contributed by atoms with E-state index in [1.165, 1.54) is 13.0 Å². The third-order valence-corrected chi connectivity index (χ3v) is 4.79. The molecule has 0 unspecified atom stereocenters. The summed E-state index contributed by atoms with van der Waals surface area (Å²) in [5.41, 5.74) is 5.01. The summed E-state index contributed by atoms with van der Waals surface area (Å²) in [7, 11) is -3.94. The molecule has 0 spiro atoms. The van der Waals surface area contributed by atoms with Crippen molar-refractivity contribution in [1.29, 1.82) is 0 Å². The Morgan fingerprint density at radius 1 is 1.39 bits per heavy atom. The van der Waals surface area contributed by atoms with E-state index in [-0.39, 0.29) is 10.5 Å². The van der Waals surface area contributed by atoms with Crippen molar-refractivity contribution in [3.05, 3.63) is 27.7 Å². The van der Waals surface area contributed by atoms with Crippen molar-refractivity contribution in [2.75, 3.05) is 5.75 Å². The lowest BCUT2D eigenvalue weighted by Crippen LogP contribution is -2.24. The van der Waals surface area contributed by atoms with E-state index < -0.39 is 27.5 Å². The molecule has 98 valence electrons. The summed E-state index contributed by atoms with van der Waals surface area (Å²) in [5, 5.41) is 8.86. The number of primary amides is 1. The number of carboxylic acid groups (broad SMARTS) is 1. The first-order chi connectivity index (χ1) is 8.15. The van der Waals surface area contributed by atoms with E-state index in [2.05, 4.69) is 15.9 Å². The van der Waals surface area contributed by atoms with Crippen LogP contribution in [0.25, 0.3) is 0 Å². The van der Waals surface area contributed by atoms with Crippen LogP contribution >= 0.6 is 15.9 Å². The van der Waals surface area contributed by atoms with Gasteiger partial charge in [-0.05, 0) is 24.6 Å². The highest BCUT2D eigenvalue weighted by Crippen LogP contribution is 2.26. The van der Waals surface area contributed by atoms with Gasteiger partial charge >= 0.3 is 5.97 Å². The Balaban J connectivity index is 3.49. The summed E-state index contributed by atoms with van der Waals surface area (Å²) in [6, 6.07) is 2.31. The molecule has 0 aliphatic heterocycles. The molecule has 0 bridgehead atoms. The first-order valence-corrected chi connectivity index (χ1v) is 7.14. The minimum absolute atomic E-state index is 0.185. The van der Waals surface area contributed by atoms with Gasteiger partial charge in [0.2, 0.25) is 5.91 Å². The molecule has 8 heteroatoms. The van der Waals surface area contributed by atoms with Crippen LogP contribution < -0.4 is 5.73 Å². The minimum atomic E-state index is -3.94. The first kappa shape index (κ1) is 14.7. The second kappa shape index (κ2) is 5.07. The maximum atomic E-state index is 11.9. The van der Waals surface area contributed by atoms with Gasteiger partial charge in [-0.3, -0.25) is 4.79 Å². The third-order valence-electron chi connectivity index (χ3n) is 2.21. The van der Waals surface area contributed by atoms with Crippen LogP contribution in [0, 0.1) is 6.92 Å². The van der Waals surface area contributed by atoms with Crippen molar-refractivity contribution in [3.63, 3.8) is 0 Å². The van der Waals surface area contributed by atoms with Crippen molar-refractivity contribution in [3.8, 4) is 0 Å². The van der Waals surface area contributed by atoms with Gasteiger partial charge in [-0.15, -0.1) is 0 Å². The number of carboxylic acids is 1. The number of carbonyl (C=O) groups excluding carboxylic acids is 1. The molecule has 1 aromatic carbocycles. The monoisotopic (exact) mass is 335 g/mol. The second-order valence-electron chi connectivity index (χ2n) is 3.61. The summed E-state index contributed by atoms with van der Waals surface area (Å²) in [6.45, 7) is 1.50. The topological polar surface area (TPSA) is 115 Å². The molecule has 6 nitrogen and oxygen atoms in total. The molecule has 1 amide bonds. The lowest BCUT2D eigenvalue weighted by Gasteiger charge is -2.09. The van der Waals surface area contributed by atoms with Gasteiger partial charge in [0.25, 0.3) is 0 Å². The number of hydrogen-bond acceptors (Lipinski definition) is 4. The van der Waals surface area contributed by atoms with Crippen LogP contribution in [-0.2, 0) is 14.6 Å². The summed E-state index contributed by atoms with van der Waals surface area (Å²) in [4.78, 5) is 21.4. The zero-order valence-corrected chi connectivity index (χ0v) is 11.7. The SMILES string of the molecule is Cc1c(Br)cc(C(=O)O)cc1S(=O)(=O)CC(N)=O. The molecule has 0 aliphatic rings. The smallest absolute Gasteiger partial charge is 0.335 e. The van der Waals surface area contributed by atoms with Crippen molar-refractivity contribution in [2.45, 2.75) is 11.8 Å². The largest absolute Gasteiger partial charge is 0.478 e. The number of nitrogens with two attached hydrogens (primary N) is 1. The first-order valence-electron chi connectivity index (χ1n) is 4.69. The van der Waals surface area contributed by atoms with E-state index >= 15 is 0 Å². The molecular weight excluding hydrogens is 326 g/mol. The van der Waals surface area contributed by atoms with Crippen LogP contribution in [0.1, 0.15) is 15.9 Å². The minimum Gasteiger partial charge on any atom is -0.478 e. The van der Waals surface area contributed by atoms with Gasteiger partial charge in [0.05, 0.1) is 10.5 Å². The Hall–Kier alpha value is -1.41. The van der Waals surface area contributed by atoms with Crippen LogP contribution in [0.5, 0.6) is 0 Å². The Morgan fingerprint density at radius 3 is 2.39 bits per heavy atom. The highest BCUT2D eigenvalue weighted by Gasteiger charge is 2.23. The predicted octanol–water partition coefficient (Wildman–Crippen LogP) is 0.715. The fraction of sp³-hybridized carbons (Fsp3) is 0.200. The number of hydrogen-bond donors (Lipinski definition) is 2. The zero-order valence-electron chi connectivity index (χ0n) is 9.31. The maximum absolute atomic E-state index is 11.9. The number of aromatic carboxylic acids is 1. The van der Waals surface area contributed by atoms with E-state index in [0.717, 1.165) is 6.07 Å². The predicted molar refractivity (Wildman–Crippen MR) is 67.1 cm³/mol.